The van der Waals surface area contributed by atoms with Crippen LogP contribution in [0, 0.1) is 5.92 Å². The van der Waals surface area contributed by atoms with E-state index in [1.807, 2.05) is 18.6 Å². The van der Waals surface area contributed by atoms with Crippen LogP contribution in [0.5, 0.6) is 0 Å². The number of carbonyl (C=O) groups is 2. The van der Waals surface area contributed by atoms with Crippen LogP contribution in [-0.4, -0.2) is 49.0 Å². The molecule has 1 N–H and O–H groups in total. The fraction of sp³-hybridized carbons (Fsp3) is 0.364. The van der Waals surface area contributed by atoms with Gasteiger partial charge in [0.2, 0.25) is 5.91 Å². The maximum atomic E-state index is 12.6. The first-order valence-corrected chi connectivity index (χ1v) is 10.2. The van der Waals surface area contributed by atoms with Crippen molar-refractivity contribution in [2.75, 3.05) is 6.54 Å². The number of rotatable bonds is 3. The lowest BCUT2D eigenvalue weighted by Crippen LogP contribution is -2.31. The molecule has 168 valence electrons. The van der Waals surface area contributed by atoms with Crippen molar-refractivity contribution in [3.05, 3.63) is 54.9 Å². The van der Waals surface area contributed by atoms with Gasteiger partial charge in [-0.05, 0) is 43.4 Å². The van der Waals surface area contributed by atoms with E-state index >= 15 is 0 Å². The predicted octanol–water partition coefficient (Wildman–Crippen LogP) is 4.10. The van der Waals surface area contributed by atoms with Gasteiger partial charge in [-0.3, -0.25) is 9.78 Å². The molecular weight excluding hydrogens is 425 g/mol. The third-order valence-corrected chi connectivity index (χ3v) is 5.58. The van der Waals surface area contributed by atoms with Crippen LogP contribution in [0.1, 0.15) is 37.4 Å². The van der Waals surface area contributed by atoms with E-state index in [4.69, 9.17) is 9.90 Å². The summed E-state index contributed by atoms with van der Waals surface area (Å²) in [5, 5.41) is 7.12. The van der Waals surface area contributed by atoms with E-state index in [1.165, 1.54) is 0 Å². The number of pyridine rings is 2. The molecule has 7 nitrogen and oxygen atoms in total. The number of carboxylic acid groups (broad SMARTS) is 1. The normalized spacial score (nSPS) is 18.3. The SMILES string of the molecule is O=C(C1CC1)N1CCCC1c1ncn2cc(-c3cccnc3)ccc12.O=C(O)C(F)(F)F. The molecule has 1 atom stereocenters. The number of nitrogens with zero attached hydrogens (tertiary/aromatic N) is 4. The van der Waals surface area contributed by atoms with Crippen LogP contribution in [0.3, 0.4) is 0 Å². The smallest absolute Gasteiger partial charge is 0.475 e. The molecule has 4 heterocycles. The van der Waals surface area contributed by atoms with E-state index < -0.39 is 12.1 Å². The minimum absolute atomic E-state index is 0.127. The summed E-state index contributed by atoms with van der Waals surface area (Å²) in [6, 6.07) is 8.35. The monoisotopic (exact) mass is 446 g/mol. The minimum atomic E-state index is -5.08. The van der Waals surface area contributed by atoms with Crippen molar-refractivity contribution in [3.8, 4) is 11.1 Å². The van der Waals surface area contributed by atoms with E-state index in [2.05, 4.69) is 43.7 Å². The number of hydrogen-bond donors (Lipinski definition) is 1. The molecule has 3 aromatic heterocycles. The topological polar surface area (TPSA) is 87.8 Å². The highest BCUT2D eigenvalue weighted by atomic mass is 19.4. The molecule has 1 saturated carbocycles. The lowest BCUT2D eigenvalue weighted by atomic mass is 10.1. The molecule has 5 rings (SSSR count). The molecular formula is C22H21F3N4O3. The minimum Gasteiger partial charge on any atom is -0.475 e. The molecule has 0 aromatic carbocycles. The summed E-state index contributed by atoms with van der Waals surface area (Å²) in [7, 11) is 0. The number of fused-ring (bicyclic) bond motifs is 1. The van der Waals surface area contributed by atoms with Crippen LogP contribution in [0.2, 0.25) is 0 Å². The van der Waals surface area contributed by atoms with E-state index in [0.717, 1.165) is 54.6 Å². The molecule has 1 saturated heterocycles. The highest BCUT2D eigenvalue weighted by Gasteiger charge is 2.40. The number of carboxylic acids is 1. The molecule has 0 spiro atoms. The first-order chi connectivity index (χ1) is 15.3. The van der Waals surface area contributed by atoms with Crippen molar-refractivity contribution < 1.29 is 27.9 Å². The second-order valence-electron chi connectivity index (χ2n) is 7.85. The van der Waals surface area contributed by atoms with Crippen molar-refractivity contribution >= 4 is 17.4 Å². The third kappa shape index (κ3) is 4.58. The van der Waals surface area contributed by atoms with Crippen LogP contribution in [0.25, 0.3) is 16.6 Å². The van der Waals surface area contributed by atoms with Gasteiger partial charge in [0.15, 0.2) is 0 Å². The Morgan fingerprint density at radius 2 is 1.84 bits per heavy atom. The number of imidazole rings is 1. The zero-order chi connectivity index (χ0) is 22.9. The predicted molar refractivity (Wildman–Crippen MR) is 109 cm³/mol. The van der Waals surface area contributed by atoms with Crippen molar-refractivity contribution in [2.24, 2.45) is 5.92 Å². The van der Waals surface area contributed by atoms with Crippen LogP contribution in [0.15, 0.2) is 49.2 Å². The lowest BCUT2D eigenvalue weighted by molar-refractivity contribution is -0.192. The maximum Gasteiger partial charge on any atom is 0.490 e. The zero-order valence-corrected chi connectivity index (χ0v) is 17.0. The molecule has 0 radical (unpaired) electrons. The Bertz CT molecular complexity index is 1130. The molecule has 32 heavy (non-hydrogen) atoms. The highest BCUT2D eigenvalue weighted by Crippen LogP contribution is 2.39. The van der Waals surface area contributed by atoms with Gasteiger partial charge in [-0.25, -0.2) is 9.78 Å². The quantitative estimate of drug-likeness (QED) is 0.655. The Balaban J connectivity index is 0.000000307. The molecule has 1 unspecified atom stereocenters. The number of carbonyl (C=O) groups excluding carboxylic acids is 1. The molecule has 10 heteroatoms. The first kappa shape index (κ1) is 21.8. The first-order valence-electron chi connectivity index (χ1n) is 10.2. The Labute approximate surface area is 181 Å². The van der Waals surface area contributed by atoms with Crippen molar-refractivity contribution in [2.45, 2.75) is 37.9 Å². The van der Waals surface area contributed by atoms with Gasteiger partial charge in [0.05, 0.1) is 23.6 Å². The number of likely N-dealkylation sites (tertiary alicyclic amines) is 1. The number of aromatic nitrogens is 3. The summed E-state index contributed by atoms with van der Waals surface area (Å²) in [5.74, 6) is -2.16. The number of hydrogen-bond acceptors (Lipinski definition) is 4. The zero-order valence-electron chi connectivity index (χ0n) is 17.0. The number of alkyl halides is 3. The van der Waals surface area contributed by atoms with Gasteiger partial charge < -0.3 is 14.4 Å². The van der Waals surface area contributed by atoms with Crippen molar-refractivity contribution in [3.63, 3.8) is 0 Å². The Hall–Kier alpha value is -3.43. The summed E-state index contributed by atoms with van der Waals surface area (Å²) in [5.41, 5.74) is 4.32. The van der Waals surface area contributed by atoms with Crippen molar-refractivity contribution in [1.29, 1.82) is 0 Å². The van der Waals surface area contributed by atoms with Gasteiger partial charge in [-0.15, -0.1) is 0 Å². The third-order valence-electron chi connectivity index (χ3n) is 5.58. The van der Waals surface area contributed by atoms with E-state index in [1.54, 1.807) is 6.20 Å². The highest BCUT2D eigenvalue weighted by molar-refractivity contribution is 5.82. The van der Waals surface area contributed by atoms with E-state index in [0.29, 0.717) is 5.91 Å². The van der Waals surface area contributed by atoms with Crippen LogP contribution in [-0.2, 0) is 9.59 Å². The average molecular weight is 446 g/mol. The van der Waals surface area contributed by atoms with Gasteiger partial charge in [-0.2, -0.15) is 13.2 Å². The number of aliphatic carboxylic acids is 1. The van der Waals surface area contributed by atoms with Crippen molar-refractivity contribution in [1.82, 2.24) is 19.3 Å². The van der Waals surface area contributed by atoms with Gasteiger partial charge in [0, 0.05) is 36.6 Å². The second-order valence-corrected chi connectivity index (χ2v) is 7.85. The summed E-state index contributed by atoms with van der Waals surface area (Å²) >= 11 is 0. The van der Waals surface area contributed by atoms with Crippen LogP contribution in [0.4, 0.5) is 13.2 Å². The Morgan fingerprint density at radius 1 is 1.09 bits per heavy atom. The van der Waals surface area contributed by atoms with E-state index in [9.17, 15) is 18.0 Å². The summed E-state index contributed by atoms with van der Waals surface area (Å²) < 4.78 is 33.8. The Morgan fingerprint density at radius 3 is 2.47 bits per heavy atom. The second kappa shape index (κ2) is 8.60. The molecule has 3 aromatic rings. The van der Waals surface area contributed by atoms with Gasteiger partial charge in [0.1, 0.15) is 0 Å². The lowest BCUT2D eigenvalue weighted by Gasteiger charge is -2.23. The summed E-state index contributed by atoms with van der Waals surface area (Å²) in [6.45, 7) is 0.868. The fourth-order valence-corrected chi connectivity index (χ4v) is 3.86. The summed E-state index contributed by atoms with van der Waals surface area (Å²) in [6.07, 6.45) is 6.70. The van der Waals surface area contributed by atoms with Gasteiger partial charge in [0.25, 0.3) is 0 Å². The number of halogens is 3. The van der Waals surface area contributed by atoms with Crippen LogP contribution < -0.4 is 0 Å². The standard InChI is InChI=1S/C20H20N4O.C2HF3O2/c25-20(14-5-6-14)24-10-2-4-18(24)19-17-8-7-16(12-23(17)13-22-19)15-3-1-9-21-11-15;3-2(4,5)1(6)7/h1,3,7-9,11-14,18H,2,4-6,10H2;(H,6,7). The molecule has 0 bridgehead atoms. The Kier molecular flexibility index (Phi) is 5.86. The van der Waals surface area contributed by atoms with Crippen LogP contribution >= 0.6 is 0 Å². The molecule has 1 aliphatic heterocycles. The molecule has 2 fully saturated rings. The maximum absolute atomic E-state index is 12.6. The van der Waals surface area contributed by atoms with Gasteiger partial charge >= 0.3 is 12.1 Å². The molecule has 1 aliphatic carbocycles. The van der Waals surface area contributed by atoms with Gasteiger partial charge in [-0.1, -0.05) is 12.1 Å². The fourth-order valence-electron chi connectivity index (χ4n) is 3.86. The average Bonchev–Trinajstić information content (AvgIpc) is 3.36. The number of amides is 1. The summed E-state index contributed by atoms with van der Waals surface area (Å²) in [4.78, 5) is 32.4. The van der Waals surface area contributed by atoms with E-state index in [-0.39, 0.29) is 12.0 Å². The largest absolute Gasteiger partial charge is 0.490 e. The molecule has 2 aliphatic rings. The molecule has 1 amide bonds.